The van der Waals surface area contributed by atoms with E-state index in [-0.39, 0.29) is 0 Å². The zero-order valence-electron chi connectivity index (χ0n) is 11.8. The van der Waals surface area contributed by atoms with Crippen LogP contribution in [-0.2, 0) is 0 Å². The van der Waals surface area contributed by atoms with Gasteiger partial charge in [0, 0.05) is 32.2 Å². The van der Waals surface area contributed by atoms with Gasteiger partial charge in [0.05, 0.1) is 0 Å². The molecule has 0 bridgehead atoms. The Labute approximate surface area is 119 Å². The maximum Gasteiger partial charge on any atom is 0.225 e. The van der Waals surface area contributed by atoms with Gasteiger partial charge in [0.2, 0.25) is 5.95 Å². The van der Waals surface area contributed by atoms with Crippen molar-refractivity contribution in [2.75, 3.05) is 31.6 Å². The molecular formula is C13H23N5S. The lowest BCUT2D eigenvalue weighted by atomic mass is 10.0. The van der Waals surface area contributed by atoms with Crippen LogP contribution in [0.25, 0.3) is 0 Å². The molecule has 0 amide bonds. The molecule has 0 radical (unpaired) electrons. The number of hydrogen-bond acceptors (Lipinski definition) is 4. The molecule has 1 aromatic rings. The third-order valence-electron chi connectivity index (χ3n) is 4.47. The number of aromatic amines is 1. The lowest BCUT2D eigenvalue weighted by molar-refractivity contribution is 0.220. The first-order valence-electron chi connectivity index (χ1n) is 7.32. The lowest BCUT2D eigenvalue weighted by Crippen LogP contribution is -2.44. The van der Waals surface area contributed by atoms with Gasteiger partial charge in [0.15, 0.2) is 4.77 Å². The first-order chi connectivity index (χ1) is 9.20. The van der Waals surface area contributed by atoms with Crippen molar-refractivity contribution in [3.63, 3.8) is 0 Å². The van der Waals surface area contributed by atoms with Crippen molar-refractivity contribution >= 4 is 18.2 Å². The van der Waals surface area contributed by atoms with Crippen LogP contribution in [0.15, 0.2) is 0 Å². The van der Waals surface area contributed by atoms with Crippen molar-refractivity contribution in [2.24, 2.45) is 0 Å². The molecule has 1 saturated carbocycles. The number of hydrogen-bond donors (Lipinski definition) is 1. The zero-order valence-corrected chi connectivity index (χ0v) is 12.6. The highest BCUT2D eigenvalue weighted by Crippen LogP contribution is 2.38. The summed E-state index contributed by atoms with van der Waals surface area (Å²) in [7, 11) is 2.16. The van der Waals surface area contributed by atoms with Gasteiger partial charge >= 0.3 is 0 Å². The summed E-state index contributed by atoms with van der Waals surface area (Å²) in [5.41, 5.74) is 0. The van der Waals surface area contributed by atoms with Gasteiger partial charge in [-0.25, -0.2) is 5.10 Å². The summed E-state index contributed by atoms with van der Waals surface area (Å²) in [4.78, 5) is 4.85. The van der Waals surface area contributed by atoms with Gasteiger partial charge in [-0.2, -0.15) is 0 Å². The molecule has 1 aromatic heterocycles. The van der Waals surface area contributed by atoms with Gasteiger partial charge in [0.1, 0.15) is 0 Å². The molecule has 0 aromatic carbocycles. The molecule has 2 fully saturated rings. The lowest BCUT2D eigenvalue weighted by Gasteiger charge is -2.36. The molecule has 0 spiro atoms. The highest BCUT2D eigenvalue weighted by molar-refractivity contribution is 7.71. The summed E-state index contributed by atoms with van der Waals surface area (Å²) in [6.07, 6.45) is 4.91. The molecule has 2 heterocycles. The Morgan fingerprint density at radius 2 is 2.00 bits per heavy atom. The predicted octanol–water partition coefficient (Wildman–Crippen LogP) is 2.20. The van der Waals surface area contributed by atoms with Crippen molar-refractivity contribution < 1.29 is 0 Å². The van der Waals surface area contributed by atoms with E-state index in [0.29, 0.717) is 12.1 Å². The van der Waals surface area contributed by atoms with E-state index >= 15 is 0 Å². The number of piperidine rings is 1. The van der Waals surface area contributed by atoms with Crippen LogP contribution in [0.1, 0.15) is 38.6 Å². The average molecular weight is 281 g/mol. The molecular weight excluding hydrogens is 258 g/mol. The number of rotatable bonds is 4. The monoisotopic (exact) mass is 281 g/mol. The minimum atomic E-state index is 0.583. The van der Waals surface area contributed by atoms with E-state index in [2.05, 4.69) is 38.5 Å². The fourth-order valence-corrected chi connectivity index (χ4v) is 3.27. The molecule has 1 aliphatic carbocycles. The molecule has 3 rings (SSSR count). The molecule has 0 atom stereocenters. The second-order valence-corrected chi connectivity index (χ2v) is 6.09. The summed E-state index contributed by atoms with van der Waals surface area (Å²) < 4.78 is 2.98. The number of H-pyrrole nitrogens is 1. The van der Waals surface area contributed by atoms with Gasteiger partial charge in [-0.1, -0.05) is 6.92 Å². The quantitative estimate of drug-likeness (QED) is 0.859. The Morgan fingerprint density at radius 1 is 1.32 bits per heavy atom. The Balaban J connectivity index is 1.74. The third kappa shape index (κ3) is 2.56. The summed E-state index contributed by atoms with van der Waals surface area (Å²) in [6.45, 7) is 5.79. The summed E-state index contributed by atoms with van der Waals surface area (Å²) in [6, 6.07) is 1.17. The third-order valence-corrected chi connectivity index (χ3v) is 4.75. The van der Waals surface area contributed by atoms with Crippen molar-refractivity contribution in [1.82, 2.24) is 19.7 Å². The molecule has 6 heteroatoms. The van der Waals surface area contributed by atoms with Crippen molar-refractivity contribution in [3.05, 3.63) is 4.77 Å². The van der Waals surface area contributed by atoms with Crippen LogP contribution in [0, 0.1) is 4.77 Å². The van der Waals surface area contributed by atoms with Crippen molar-refractivity contribution in [2.45, 2.75) is 44.7 Å². The SMILES string of the molecule is CCN1CCC(N(C)c2n[nH]c(=S)n2C2CC2)CC1. The van der Waals surface area contributed by atoms with Crippen LogP contribution in [0.2, 0.25) is 0 Å². The van der Waals surface area contributed by atoms with Crippen molar-refractivity contribution in [3.8, 4) is 0 Å². The second kappa shape index (κ2) is 5.25. The zero-order chi connectivity index (χ0) is 13.4. The largest absolute Gasteiger partial charge is 0.341 e. The highest BCUT2D eigenvalue weighted by Gasteiger charge is 2.31. The van der Waals surface area contributed by atoms with Gasteiger partial charge in [0.25, 0.3) is 0 Å². The summed E-state index contributed by atoms with van der Waals surface area (Å²) in [5.74, 6) is 1.03. The number of anilines is 1. The Hall–Kier alpha value is -0.880. The number of aromatic nitrogens is 3. The summed E-state index contributed by atoms with van der Waals surface area (Å²) >= 11 is 5.36. The average Bonchev–Trinajstić information content (AvgIpc) is 3.21. The Bertz CT molecular complexity index is 481. The van der Waals surface area contributed by atoms with E-state index in [1.54, 1.807) is 0 Å². The fourth-order valence-electron chi connectivity index (χ4n) is 2.99. The highest BCUT2D eigenvalue weighted by atomic mass is 32.1. The Kier molecular flexibility index (Phi) is 3.62. The van der Waals surface area contributed by atoms with Crippen LogP contribution in [0.5, 0.6) is 0 Å². The molecule has 106 valence electrons. The smallest absolute Gasteiger partial charge is 0.225 e. The van der Waals surface area contributed by atoms with Gasteiger partial charge < -0.3 is 9.80 Å². The molecule has 5 nitrogen and oxygen atoms in total. The van der Waals surface area contributed by atoms with E-state index in [1.807, 2.05) is 0 Å². The molecule has 1 N–H and O–H groups in total. The van der Waals surface area contributed by atoms with Crippen LogP contribution >= 0.6 is 12.2 Å². The molecule has 1 saturated heterocycles. The molecule has 0 unspecified atom stereocenters. The first-order valence-corrected chi connectivity index (χ1v) is 7.73. The van der Waals surface area contributed by atoms with E-state index in [1.165, 1.54) is 38.8 Å². The number of nitrogens with zero attached hydrogens (tertiary/aromatic N) is 4. The predicted molar refractivity (Wildman–Crippen MR) is 79.2 cm³/mol. The van der Waals surface area contributed by atoms with Crippen molar-refractivity contribution in [1.29, 1.82) is 0 Å². The first kappa shape index (κ1) is 13.1. The van der Waals surface area contributed by atoms with Gasteiger partial charge in [-0.05, 0) is 44.4 Å². The standard InChI is InChI=1S/C13H23N5S/c1-3-17-8-6-10(7-9-17)16(2)12-14-15-13(19)18(12)11-4-5-11/h10-11H,3-9H2,1-2H3,(H,15,19). The Morgan fingerprint density at radius 3 is 2.58 bits per heavy atom. The van der Waals surface area contributed by atoms with E-state index in [9.17, 15) is 0 Å². The van der Waals surface area contributed by atoms with Crippen LogP contribution < -0.4 is 4.90 Å². The van der Waals surface area contributed by atoms with E-state index in [4.69, 9.17) is 12.2 Å². The normalized spacial score (nSPS) is 21.8. The summed E-state index contributed by atoms with van der Waals surface area (Å²) in [5, 5.41) is 7.41. The second-order valence-electron chi connectivity index (χ2n) is 5.71. The molecule has 19 heavy (non-hydrogen) atoms. The fraction of sp³-hybridized carbons (Fsp3) is 0.846. The molecule has 1 aliphatic heterocycles. The van der Waals surface area contributed by atoms with Gasteiger partial charge in [-0.3, -0.25) is 4.57 Å². The van der Waals surface area contributed by atoms with E-state index < -0.39 is 0 Å². The minimum Gasteiger partial charge on any atom is -0.341 e. The van der Waals surface area contributed by atoms with Crippen LogP contribution in [0.3, 0.4) is 0 Å². The number of nitrogens with one attached hydrogen (secondary N) is 1. The molecule has 2 aliphatic rings. The topological polar surface area (TPSA) is 40.1 Å². The maximum atomic E-state index is 5.36. The maximum absolute atomic E-state index is 5.36. The van der Waals surface area contributed by atoms with E-state index in [0.717, 1.165) is 17.3 Å². The van der Waals surface area contributed by atoms with Gasteiger partial charge in [-0.15, -0.1) is 5.10 Å². The number of likely N-dealkylation sites (tertiary alicyclic amines) is 1. The minimum absolute atomic E-state index is 0.583. The van der Waals surface area contributed by atoms with Crippen LogP contribution in [-0.4, -0.2) is 52.4 Å². The van der Waals surface area contributed by atoms with Crippen LogP contribution in [0.4, 0.5) is 5.95 Å².